The summed E-state index contributed by atoms with van der Waals surface area (Å²) in [4.78, 5) is 8.00. The quantitative estimate of drug-likeness (QED) is 0.240. The summed E-state index contributed by atoms with van der Waals surface area (Å²) < 4.78 is 0. The first-order chi connectivity index (χ1) is 3.91. The third kappa shape index (κ3) is 33.1. The van der Waals surface area contributed by atoms with Gasteiger partial charge in [0.1, 0.15) is 6.79 Å². The monoisotopic (exact) mass is 458 g/mol. The van der Waals surface area contributed by atoms with Gasteiger partial charge in [0.25, 0.3) is 0 Å². The van der Waals surface area contributed by atoms with Gasteiger partial charge < -0.3 is 52.7 Å². The predicted octanol–water partition coefficient (Wildman–Crippen LogP) is -4.04. The van der Waals surface area contributed by atoms with Gasteiger partial charge in [-0.25, -0.2) is 0 Å². The minimum Gasteiger partial charge on any atom is -1.00 e. The molecule has 0 amide bonds. The van der Waals surface area contributed by atoms with Crippen LogP contribution in [0, 0.1) is 0 Å². The number of halogens is 2. The molecule has 0 aromatic rings. The Morgan fingerprint density at radius 3 is 1.70 bits per heavy atom. The van der Waals surface area contributed by atoms with Crippen molar-refractivity contribution in [2.24, 2.45) is 0 Å². The summed E-state index contributed by atoms with van der Waals surface area (Å²) in [5.41, 5.74) is 0. The van der Waals surface area contributed by atoms with Gasteiger partial charge in [-0.05, 0) is 0 Å². The fourth-order valence-corrected chi connectivity index (χ4v) is 0.743. The molecular weight excluding hydrogens is 445 g/mol. The zero-order valence-corrected chi connectivity index (χ0v) is 12.0. The van der Waals surface area contributed by atoms with Crippen molar-refractivity contribution in [3.8, 4) is 0 Å². The second-order valence-electron chi connectivity index (χ2n) is 1.37. The normalized spacial score (nSPS) is 5.80. The van der Waals surface area contributed by atoms with Gasteiger partial charge in [-0.3, -0.25) is 0 Å². The second kappa shape index (κ2) is 30.9. The molecule has 0 saturated carbocycles. The van der Waals surface area contributed by atoms with Crippen LogP contribution in [0.15, 0.2) is 0 Å². The van der Waals surface area contributed by atoms with Crippen LogP contribution in [0.5, 0.6) is 0 Å². The van der Waals surface area contributed by atoms with Gasteiger partial charge in [-0.1, -0.05) is 0 Å². The summed E-state index contributed by atoms with van der Waals surface area (Å²) in [6, 6.07) is 0. The third-order valence-electron chi connectivity index (χ3n) is 0.721. The minimum absolute atomic E-state index is 0. The average Bonchev–Trinajstić information content (AvgIpc) is 1.88. The predicted molar refractivity (Wildman–Crippen MR) is 31.5 cm³/mol. The molecule has 0 aromatic heterocycles. The van der Waals surface area contributed by atoms with Crippen molar-refractivity contribution in [3.05, 3.63) is 0 Å². The summed E-state index contributed by atoms with van der Waals surface area (Å²) in [7, 11) is 0. The molecule has 0 aromatic carbocycles. The van der Waals surface area contributed by atoms with Crippen molar-refractivity contribution < 1.29 is 71.1 Å². The fourth-order valence-electron chi connectivity index (χ4n) is 0.333. The van der Waals surface area contributed by atoms with Crippen LogP contribution >= 0.6 is 0 Å². The van der Waals surface area contributed by atoms with Crippen molar-refractivity contribution in [2.45, 2.75) is 31.2 Å². The van der Waals surface area contributed by atoms with Gasteiger partial charge in [0.15, 0.2) is 0 Å². The molecule has 0 aliphatic heterocycles. The molecule has 0 spiro atoms. The smallest absolute Gasteiger partial charge is 1.00 e. The Morgan fingerprint density at radius 1 is 1.20 bits per heavy atom. The maximum atomic E-state index is 8.00. The van der Waals surface area contributed by atoms with E-state index in [0.29, 0.717) is 0 Å². The van der Waals surface area contributed by atoms with Crippen LogP contribution in [0.2, 0.25) is 5.02 Å². The molecule has 0 aliphatic carbocycles. The van der Waals surface area contributed by atoms with E-state index in [1.54, 1.807) is 0 Å². The number of hydrogen-bond acceptors (Lipinski definition) is 1. The first-order valence-corrected chi connectivity index (χ1v) is 3.89. The summed E-state index contributed by atoms with van der Waals surface area (Å²) in [5, 5.41) is 1.25. The third-order valence-corrected chi connectivity index (χ3v) is 1.30. The van der Waals surface area contributed by atoms with Crippen LogP contribution in [0.4, 0.5) is 0 Å². The van der Waals surface area contributed by atoms with Gasteiger partial charge in [0.2, 0.25) is 0 Å². The van der Waals surface area contributed by atoms with Crippen LogP contribution in [0.3, 0.4) is 0 Å². The molecule has 10 heavy (non-hydrogen) atoms. The number of rotatable bonds is 3. The topological polar surface area (TPSA) is 17.1 Å². The van der Waals surface area contributed by atoms with E-state index in [1.807, 2.05) is 6.79 Å². The summed E-state index contributed by atoms with van der Waals surface area (Å²) in [6.07, 6.45) is 4.09. The van der Waals surface area contributed by atoms with Crippen molar-refractivity contribution in [3.63, 3.8) is 0 Å². The first-order valence-electron chi connectivity index (χ1n) is 2.73. The van der Waals surface area contributed by atoms with Crippen LogP contribution in [-0.4, -0.2) is 6.79 Å². The van der Waals surface area contributed by atoms with Gasteiger partial charge in [-0.15, -0.1) is 0 Å². The number of hydrogen-bond donors (Lipinski definition) is 0. The Labute approximate surface area is 108 Å². The van der Waals surface area contributed by atoms with E-state index in [4.69, 9.17) is 4.79 Å². The molecule has 66 valence electrons. The summed E-state index contributed by atoms with van der Waals surface area (Å²) in [6.45, 7) is 4.22. The first kappa shape index (κ1) is 22.6. The Kier molecular flexibility index (Phi) is 69.9. The van der Waals surface area contributed by atoms with Crippen molar-refractivity contribution in [1.29, 1.82) is 0 Å². The maximum Gasteiger partial charge on any atom is -1.00 e. The molecule has 0 fully saturated rings. The molecule has 0 radical (unpaired) electrons. The Morgan fingerprint density at radius 2 is 1.60 bits per heavy atom. The number of carbonyl (C=O) groups excluding carboxylic acids is 1. The Balaban J connectivity index is -0.0000000412. The van der Waals surface area contributed by atoms with Gasteiger partial charge in [-0.2, -0.15) is 0 Å². The molecular formula is C6H13I2ORh. The molecule has 0 saturated heterocycles. The van der Waals surface area contributed by atoms with E-state index in [1.165, 1.54) is 24.3 Å². The summed E-state index contributed by atoms with van der Waals surface area (Å²) >= 11 is 2.89. The maximum absolute atomic E-state index is 8.00. The van der Waals surface area contributed by atoms with Crippen molar-refractivity contribution >= 4 is 6.79 Å². The molecule has 0 aliphatic rings. The Bertz CT molecular complexity index is 34.9. The van der Waals surface area contributed by atoms with Gasteiger partial charge in [0, 0.05) is 0 Å². The molecule has 0 N–H and O–H groups in total. The minimum atomic E-state index is 0. The Hall–Kier alpha value is 1.75. The molecule has 0 unspecified atom stereocenters. The van der Waals surface area contributed by atoms with E-state index >= 15 is 0 Å². The molecule has 1 nitrogen and oxygen atoms in total. The van der Waals surface area contributed by atoms with Gasteiger partial charge in [0.05, 0.1) is 0 Å². The van der Waals surface area contributed by atoms with E-state index in [9.17, 15) is 0 Å². The zero-order chi connectivity index (χ0) is 6.83. The van der Waals surface area contributed by atoms with Gasteiger partial charge >= 0.3 is 49.5 Å². The van der Waals surface area contributed by atoms with Crippen LogP contribution in [0.25, 0.3) is 0 Å². The van der Waals surface area contributed by atoms with Crippen LogP contribution < -0.4 is 48.0 Å². The largest absolute Gasteiger partial charge is 1.00 e. The molecule has 0 bridgehead atoms. The number of unbranched alkanes of at least 4 members (excludes halogenated alkanes) is 2. The van der Waals surface area contributed by atoms with Crippen molar-refractivity contribution in [1.82, 2.24) is 0 Å². The molecule has 0 heterocycles. The molecule has 0 rings (SSSR count). The molecule has 4 heteroatoms. The van der Waals surface area contributed by atoms with E-state index in [2.05, 4.69) is 25.2 Å². The fraction of sp³-hybridized carbons (Fsp3) is 0.833. The van der Waals surface area contributed by atoms with Crippen LogP contribution in [0.1, 0.15) is 26.2 Å². The average molecular weight is 458 g/mol. The second-order valence-corrected chi connectivity index (χ2v) is 2.19. The van der Waals surface area contributed by atoms with Crippen LogP contribution in [-0.2, 0) is 23.1 Å². The summed E-state index contributed by atoms with van der Waals surface area (Å²) in [5.74, 6) is 0. The van der Waals surface area contributed by atoms with Crippen molar-refractivity contribution in [2.75, 3.05) is 0 Å². The van der Waals surface area contributed by atoms with E-state index < -0.39 is 0 Å². The van der Waals surface area contributed by atoms with E-state index in [0.717, 1.165) is 0 Å². The standard InChI is InChI=1S/C5H11.CH2O.2HI.Rh/c1-3-5-4-2;1-2;;;/h1,3-5H2,2H3;1H2;2*1H;/q;;;;+2/p-2. The SMILES string of the molecule is C=O.CCCC[CH2][Rh+2].[I-].[I-]. The number of carbonyl (C=O) groups is 1. The molecule has 0 atom stereocenters. The van der Waals surface area contributed by atoms with E-state index in [-0.39, 0.29) is 48.0 Å². The zero-order valence-electron chi connectivity index (χ0n) is 6.03.